The van der Waals surface area contributed by atoms with Crippen molar-refractivity contribution in [2.45, 2.75) is 18.2 Å². The minimum atomic E-state index is -0.852. The summed E-state index contributed by atoms with van der Waals surface area (Å²) in [5.74, 6) is -0.676. The molecule has 0 bridgehead atoms. The summed E-state index contributed by atoms with van der Waals surface area (Å²) < 4.78 is 0. The van der Waals surface area contributed by atoms with Crippen molar-refractivity contribution in [1.82, 2.24) is 0 Å². The average Bonchev–Trinajstić information content (AvgIpc) is 2.15. The van der Waals surface area contributed by atoms with Crippen LogP contribution in [0.5, 0.6) is 5.75 Å². The molecule has 0 saturated heterocycles. The molecule has 1 aromatic rings. The van der Waals surface area contributed by atoms with Crippen LogP contribution in [0.15, 0.2) is 24.3 Å². The van der Waals surface area contributed by atoms with Gasteiger partial charge in [0.25, 0.3) is 0 Å². The number of phenols is 1. The van der Waals surface area contributed by atoms with Crippen LogP contribution >= 0.6 is 11.6 Å². The van der Waals surface area contributed by atoms with Crippen LogP contribution < -0.4 is 0 Å². The Kier molecular flexibility index (Phi) is 3.77. The van der Waals surface area contributed by atoms with Crippen molar-refractivity contribution >= 4 is 17.6 Å². The van der Waals surface area contributed by atoms with Crippen LogP contribution in [-0.2, 0) is 4.79 Å². The van der Waals surface area contributed by atoms with Gasteiger partial charge >= 0.3 is 5.97 Å². The standard InChI is InChI=1S/C10H11ClO3/c11-9(5-6-10(13)14)7-1-3-8(12)4-2-7/h1-4,9,12H,5-6H2,(H,13,14). The van der Waals surface area contributed by atoms with E-state index in [4.69, 9.17) is 21.8 Å². The maximum atomic E-state index is 10.3. The van der Waals surface area contributed by atoms with E-state index in [2.05, 4.69) is 0 Å². The number of rotatable bonds is 4. The molecule has 1 aromatic carbocycles. The van der Waals surface area contributed by atoms with Gasteiger partial charge in [0.05, 0.1) is 5.38 Å². The van der Waals surface area contributed by atoms with Crippen molar-refractivity contribution in [3.05, 3.63) is 29.8 Å². The number of aromatic hydroxyl groups is 1. The lowest BCUT2D eigenvalue weighted by Gasteiger charge is -2.07. The third-order valence-corrected chi connectivity index (χ3v) is 2.34. The van der Waals surface area contributed by atoms with Crippen LogP contribution in [0.25, 0.3) is 0 Å². The van der Waals surface area contributed by atoms with E-state index in [0.29, 0.717) is 6.42 Å². The molecular formula is C10H11ClO3. The van der Waals surface area contributed by atoms with Crippen LogP contribution in [0.2, 0.25) is 0 Å². The summed E-state index contributed by atoms with van der Waals surface area (Å²) in [6.45, 7) is 0. The van der Waals surface area contributed by atoms with Crippen LogP contribution in [0.4, 0.5) is 0 Å². The first-order valence-electron chi connectivity index (χ1n) is 4.24. The molecule has 0 heterocycles. The summed E-state index contributed by atoms with van der Waals surface area (Å²) in [7, 11) is 0. The van der Waals surface area contributed by atoms with Gasteiger partial charge in [-0.1, -0.05) is 12.1 Å². The Morgan fingerprint density at radius 1 is 1.36 bits per heavy atom. The molecule has 1 rings (SSSR count). The van der Waals surface area contributed by atoms with Gasteiger partial charge in [0.2, 0.25) is 0 Å². The molecule has 1 atom stereocenters. The smallest absolute Gasteiger partial charge is 0.303 e. The van der Waals surface area contributed by atoms with Crippen molar-refractivity contribution < 1.29 is 15.0 Å². The van der Waals surface area contributed by atoms with E-state index >= 15 is 0 Å². The summed E-state index contributed by atoms with van der Waals surface area (Å²) in [5, 5.41) is 17.2. The zero-order chi connectivity index (χ0) is 10.6. The lowest BCUT2D eigenvalue weighted by molar-refractivity contribution is -0.137. The highest BCUT2D eigenvalue weighted by Gasteiger charge is 2.09. The van der Waals surface area contributed by atoms with E-state index < -0.39 is 5.97 Å². The largest absolute Gasteiger partial charge is 0.508 e. The quantitative estimate of drug-likeness (QED) is 0.758. The lowest BCUT2D eigenvalue weighted by Crippen LogP contribution is -1.98. The molecule has 0 aliphatic carbocycles. The van der Waals surface area contributed by atoms with E-state index in [9.17, 15) is 4.79 Å². The van der Waals surface area contributed by atoms with Gasteiger partial charge in [0.1, 0.15) is 5.75 Å². The van der Waals surface area contributed by atoms with Crippen molar-refractivity contribution in [3.63, 3.8) is 0 Å². The molecule has 0 radical (unpaired) electrons. The summed E-state index contributed by atoms with van der Waals surface area (Å²) in [6.07, 6.45) is 0.441. The number of halogens is 1. The fraction of sp³-hybridized carbons (Fsp3) is 0.300. The van der Waals surface area contributed by atoms with Gasteiger partial charge < -0.3 is 10.2 Å². The number of carbonyl (C=O) groups is 1. The Bertz CT molecular complexity index is 308. The Morgan fingerprint density at radius 2 is 1.93 bits per heavy atom. The van der Waals surface area contributed by atoms with Gasteiger partial charge in [-0.2, -0.15) is 0 Å². The fourth-order valence-corrected chi connectivity index (χ4v) is 1.35. The molecule has 3 nitrogen and oxygen atoms in total. The van der Waals surface area contributed by atoms with Crippen LogP contribution in [0.3, 0.4) is 0 Å². The molecule has 0 fully saturated rings. The zero-order valence-corrected chi connectivity index (χ0v) is 8.24. The van der Waals surface area contributed by atoms with Gasteiger partial charge in [-0.3, -0.25) is 4.79 Å². The number of aliphatic carboxylic acids is 1. The SMILES string of the molecule is O=C(O)CCC(Cl)c1ccc(O)cc1. The maximum absolute atomic E-state index is 10.3. The summed E-state index contributed by atoms with van der Waals surface area (Å²) in [4.78, 5) is 10.3. The second kappa shape index (κ2) is 4.86. The molecule has 0 aliphatic rings. The molecule has 2 N–H and O–H groups in total. The van der Waals surface area contributed by atoms with Crippen LogP contribution in [-0.4, -0.2) is 16.2 Å². The third-order valence-electron chi connectivity index (χ3n) is 1.87. The average molecular weight is 215 g/mol. The van der Waals surface area contributed by atoms with Crippen molar-refractivity contribution in [3.8, 4) is 5.75 Å². The minimum Gasteiger partial charge on any atom is -0.508 e. The molecular weight excluding hydrogens is 204 g/mol. The Morgan fingerprint density at radius 3 is 2.43 bits per heavy atom. The number of alkyl halides is 1. The van der Waals surface area contributed by atoms with E-state index in [1.54, 1.807) is 12.1 Å². The molecule has 0 amide bonds. The molecule has 14 heavy (non-hydrogen) atoms. The Labute approximate surface area is 86.9 Å². The monoisotopic (exact) mass is 214 g/mol. The topological polar surface area (TPSA) is 57.5 Å². The van der Waals surface area contributed by atoms with Gasteiger partial charge in [0, 0.05) is 6.42 Å². The van der Waals surface area contributed by atoms with Gasteiger partial charge in [-0.25, -0.2) is 0 Å². The molecule has 0 aliphatic heterocycles. The predicted molar refractivity (Wildman–Crippen MR) is 53.6 cm³/mol. The number of carboxylic acid groups (broad SMARTS) is 1. The minimum absolute atomic E-state index is 0.0506. The molecule has 0 aromatic heterocycles. The summed E-state index contributed by atoms with van der Waals surface area (Å²) in [6, 6.07) is 6.45. The van der Waals surface area contributed by atoms with Gasteiger partial charge in [0.15, 0.2) is 0 Å². The summed E-state index contributed by atoms with van der Waals surface area (Å²) in [5.41, 5.74) is 0.825. The second-order valence-electron chi connectivity index (χ2n) is 2.99. The maximum Gasteiger partial charge on any atom is 0.303 e. The lowest BCUT2D eigenvalue weighted by atomic mass is 10.1. The fourth-order valence-electron chi connectivity index (χ4n) is 1.10. The number of hydrogen-bond acceptors (Lipinski definition) is 2. The number of benzene rings is 1. The number of hydrogen-bond donors (Lipinski definition) is 2. The van der Waals surface area contributed by atoms with Crippen molar-refractivity contribution in [2.24, 2.45) is 0 Å². The van der Waals surface area contributed by atoms with Gasteiger partial charge in [-0.05, 0) is 24.1 Å². The highest BCUT2D eigenvalue weighted by atomic mass is 35.5. The number of phenolic OH excluding ortho intramolecular Hbond substituents is 1. The Balaban J connectivity index is 2.56. The second-order valence-corrected chi connectivity index (χ2v) is 3.52. The predicted octanol–water partition coefficient (Wildman–Crippen LogP) is 2.54. The molecule has 4 heteroatoms. The molecule has 0 saturated carbocycles. The van der Waals surface area contributed by atoms with E-state index in [0.717, 1.165) is 5.56 Å². The summed E-state index contributed by atoms with van der Waals surface area (Å²) >= 11 is 5.96. The first-order valence-corrected chi connectivity index (χ1v) is 4.68. The normalized spacial score (nSPS) is 12.4. The highest BCUT2D eigenvalue weighted by molar-refractivity contribution is 6.20. The van der Waals surface area contributed by atoms with Crippen molar-refractivity contribution in [2.75, 3.05) is 0 Å². The Hall–Kier alpha value is -1.22. The number of carboxylic acids is 1. The third kappa shape index (κ3) is 3.26. The molecule has 76 valence electrons. The van der Waals surface area contributed by atoms with E-state index in [1.165, 1.54) is 12.1 Å². The van der Waals surface area contributed by atoms with E-state index in [1.807, 2.05) is 0 Å². The van der Waals surface area contributed by atoms with Crippen LogP contribution in [0, 0.1) is 0 Å². The van der Waals surface area contributed by atoms with Crippen molar-refractivity contribution in [1.29, 1.82) is 0 Å². The first kappa shape index (κ1) is 10.9. The highest BCUT2D eigenvalue weighted by Crippen LogP contribution is 2.26. The van der Waals surface area contributed by atoms with Crippen LogP contribution in [0.1, 0.15) is 23.8 Å². The zero-order valence-electron chi connectivity index (χ0n) is 7.48. The molecule has 1 unspecified atom stereocenters. The van der Waals surface area contributed by atoms with E-state index in [-0.39, 0.29) is 17.5 Å². The van der Waals surface area contributed by atoms with Gasteiger partial charge in [-0.15, -0.1) is 11.6 Å². The molecule has 0 spiro atoms. The first-order chi connectivity index (χ1) is 6.59.